The van der Waals surface area contributed by atoms with Gasteiger partial charge in [0.1, 0.15) is 0 Å². The number of hydrogen-bond donors (Lipinski definition) is 1. The minimum atomic E-state index is 0.707. The lowest BCUT2D eigenvalue weighted by molar-refractivity contribution is 0.300. The Morgan fingerprint density at radius 1 is 1.33 bits per heavy atom. The van der Waals surface area contributed by atoms with Gasteiger partial charge in [-0.25, -0.2) is 0 Å². The molecule has 2 nitrogen and oxygen atoms in total. The summed E-state index contributed by atoms with van der Waals surface area (Å²) in [6.45, 7) is 4.80. The summed E-state index contributed by atoms with van der Waals surface area (Å²) in [5.74, 6) is 2.69. The zero-order chi connectivity index (χ0) is 11.1. The zero-order valence-corrected chi connectivity index (χ0v) is 9.24. The summed E-state index contributed by atoms with van der Waals surface area (Å²) in [6.07, 6.45) is 6.45. The van der Waals surface area contributed by atoms with Crippen molar-refractivity contribution in [3.05, 3.63) is 29.8 Å². The number of nitrogen functional groups attached to an aromatic ring is 1. The van der Waals surface area contributed by atoms with Crippen molar-refractivity contribution < 1.29 is 0 Å². The average molecular weight is 202 g/mol. The first kappa shape index (κ1) is 11.6. The van der Waals surface area contributed by atoms with Crippen molar-refractivity contribution in [1.82, 2.24) is 4.90 Å². The normalized spacial score (nSPS) is 10.2. The van der Waals surface area contributed by atoms with Gasteiger partial charge in [0.2, 0.25) is 0 Å². The molecule has 15 heavy (non-hydrogen) atoms. The van der Waals surface area contributed by atoms with Crippen LogP contribution in [-0.2, 0) is 6.54 Å². The average Bonchev–Trinajstić information content (AvgIpc) is 2.22. The largest absolute Gasteiger partial charge is 0.399 e. The van der Waals surface area contributed by atoms with Crippen molar-refractivity contribution in [2.75, 3.05) is 18.8 Å². The van der Waals surface area contributed by atoms with Crippen LogP contribution in [0.25, 0.3) is 0 Å². The molecule has 0 atom stereocenters. The van der Waals surface area contributed by atoms with E-state index in [4.69, 9.17) is 12.2 Å². The monoisotopic (exact) mass is 202 g/mol. The zero-order valence-electron chi connectivity index (χ0n) is 9.24. The molecule has 0 fully saturated rings. The third kappa shape index (κ3) is 4.05. The predicted molar refractivity (Wildman–Crippen MR) is 65.3 cm³/mol. The van der Waals surface area contributed by atoms with Crippen LogP contribution in [0.3, 0.4) is 0 Å². The molecule has 1 rings (SSSR count). The molecule has 0 radical (unpaired) electrons. The minimum absolute atomic E-state index is 0.707. The second-order valence-electron chi connectivity index (χ2n) is 3.66. The van der Waals surface area contributed by atoms with Crippen LogP contribution in [0.2, 0.25) is 0 Å². The molecule has 2 N–H and O–H groups in total. The first-order valence-electron chi connectivity index (χ1n) is 5.26. The number of terminal acetylenes is 1. The Morgan fingerprint density at radius 3 is 2.53 bits per heavy atom. The van der Waals surface area contributed by atoms with Crippen molar-refractivity contribution >= 4 is 5.69 Å². The molecule has 0 aliphatic rings. The third-order valence-corrected chi connectivity index (χ3v) is 2.24. The van der Waals surface area contributed by atoms with E-state index in [1.165, 1.54) is 5.56 Å². The Labute approximate surface area is 92.1 Å². The van der Waals surface area contributed by atoms with Gasteiger partial charge < -0.3 is 5.73 Å². The third-order valence-electron chi connectivity index (χ3n) is 2.24. The quantitative estimate of drug-likeness (QED) is 0.585. The number of nitrogens with zero attached hydrogens (tertiary/aromatic N) is 1. The molecule has 0 aliphatic carbocycles. The molecule has 0 unspecified atom stereocenters. The SMILES string of the molecule is C#CCN(CCC)Cc1ccc(N)cc1. The number of nitrogens with two attached hydrogens (primary N) is 1. The van der Waals surface area contributed by atoms with E-state index in [0.29, 0.717) is 6.54 Å². The van der Waals surface area contributed by atoms with Crippen LogP contribution in [0.4, 0.5) is 5.69 Å². The van der Waals surface area contributed by atoms with Crippen LogP contribution < -0.4 is 5.73 Å². The molecule has 0 heterocycles. The van der Waals surface area contributed by atoms with E-state index in [1.807, 2.05) is 12.1 Å². The van der Waals surface area contributed by atoms with Crippen LogP contribution >= 0.6 is 0 Å². The predicted octanol–water partition coefficient (Wildman–Crippen LogP) is 2.11. The highest BCUT2D eigenvalue weighted by Crippen LogP contribution is 2.08. The molecule has 0 amide bonds. The first-order chi connectivity index (χ1) is 7.26. The Kier molecular flexibility index (Phi) is 4.73. The molecule has 0 aromatic heterocycles. The van der Waals surface area contributed by atoms with Gasteiger partial charge in [0, 0.05) is 12.2 Å². The topological polar surface area (TPSA) is 29.3 Å². The molecule has 1 aromatic carbocycles. The van der Waals surface area contributed by atoms with E-state index in [9.17, 15) is 0 Å². The number of hydrogen-bond acceptors (Lipinski definition) is 2. The Morgan fingerprint density at radius 2 is 2.00 bits per heavy atom. The molecule has 0 spiro atoms. The summed E-state index contributed by atoms with van der Waals surface area (Å²) in [4.78, 5) is 2.26. The smallest absolute Gasteiger partial charge is 0.0601 e. The highest BCUT2D eigenvalue weighted by molar-refractivity contribution is 5.39. The maximum Gasteiger partial charge on any atom is 0.0601 e. The summed E-state index contributed by atoms with van der Waals surface area (Å²) in [6, 6.07) is 7.95. The van der Waals surface area contributed by atoms with Gasteiger partial charge in [-0.3, -0.25) is 4.90 Å². The van der Waals surface area contributed by atoms with Crippen LogP contribution in [-0.4, -0.2) is 18.0 Å². The lowest BCUT2D eigenvalue weighted by Gasteiger charge is -2.18. The van der Waals surface area contributed by atoms with E-state index in [-0.39, 0.29) is 0 Å². The maximum atomic E-state index is 5.63. The molecule has 1 aromatic rings. The van der Waals surface area contributed by atoms with Gasteiger partial charge in [0.15, 0.2) is 0 Å². The van der Waals surface area contributed by atoms with Crippen LogP contribution in [0, 0.1) is 12.3 Å². The Balaban J connectivity index is 2.57. The molecule has 80 valence electrons. The van der Waals surface area contributed by atoms with Crippen LogP contribution in [0.1, 0.15) is 18.9 Å². The number of benzene rings is 1. The van der Waals surface area contributed by atoms with Gasteiger partial charge in [-0.05, 0) is 30.7 Å². The van der Waals surface area contributed by atoms with E-state index in [2.05, 4.69) is 29.9 Å². The molecule has 2 heteroatoms. The van der Waals surface area contributed by atoms with Gasteiger partial charge in [-0.15, -0.1) is 6.42 Å². The Hall–Kier alpha value is -1.46. The fourth-order valence-corrected chi connectivity index (χ4v) is 1.54. The summed E-state index contributed by atoms with van der Waals surface area (Å²) in [5.41, 5.74) is 7.69. The van der Waals surface area contributed by atoms with Gasteiger partial charge in [-0.1, -0.05) is 25.0 Å². The molecule has 0 saturated heterocycles. The van der Waals surface area contributed by atoms with Gasteiger partial charge in [0.25, 0.3) is 0 Å². The minimum Gasteiger partial charge on any atom is -0.399 e. The van der Waals surface area contributed by atoms with Crippen molar-refractivity contribution in [3.8, 4) is 12.3 Å². The summed E-state index contributed by atoms with van der Waals surface area (Å²) >= 11 is 0. The van der Waals surface area contributed by atoms with Gasteiger partial charge >= 0.3 is 0 Å². The fourth-order valence-electron chi connectivity index (χ4n) is 1.54. The van der Waals surface area contributed by atoms with E-state index in [1.54, 1.807) is 0 Å². The van der Waals surface area contributed by atoms with Crippen molar-refractivity contribution in [2.24, 2.45) is 0 Å². The highest BCUT2D eigenvalue weighted by atomic mass is 15.1. The molecule has 0 bridgehead atoms. The van der Waals surface area contributed by atoms with Gasteiger partial charge in [0.05, 0.1) is 6.54 Å². The van der Waals surface area contributed by atoms with Crippen molar-refractivity contribution in [2.45, 2.75) is 19.9 Å². The van der Waals surface area contributed by atoms with Crippen molar-refractivity contribution in [3.63, 3.8) is 0 Å². The van der Waals surface area contributed by atoms with E-state index < -0.39 is 0 Å². The molecule has 0 saturated carbocycles. The number of rotatable bonds is 5. The summed E-state index contributed by atoms with van der Waals surface area (Å²) in [5, 5.41) is 0. The second-order valence-corrected chi connectivity index (χ2v) is 3.66. The van der Waals surface area contributed by atoms with E-state index in [0.717, 1.165) is 25.2 Å². The first-order valence-corrected chi connectivity index (χ1v) is 5.26. The highest BCUT2D eigenvalue weighted by Gasteiger charge is 2.02. The van der Waals surface area contributed by atoms with Crippen LogP contribution in [0.15, 0.2) is 24.3 Å². The van der Waals surface area contributed by atoms with Crippen LogP contribution in [0.5, 0.6) is 0 Å². The molecular weight excluding hydrogens is 184 g/mol. The summed E-state index contributed by atoms with van der Waals surface area (Å²) < 4.78 is 0. The lowest BCUT2D eigenvalue weighted by Crippen LogP contribution is -2.24. The van der Waals surface area contributed by atoms with Gasteiger partial charge in [-0.2, -0.15) is 0 Å². The standard InChI is InChI=1S/C13H18N2/c1-3-9-15(10-4-2)11-12-5-7-13(14)8-6-12/h1,5-8H,4,9-11,14H2,2H3. The maximum absolute atomic E-state index is 5.63. The van der Waals surface area contributed by atoms with E-state index >= 15 is 0 Å². The molecular formula is C13H18N2. The Bertz CT molecular complexity index is 321. The summed E-state index contributed by atoms with van der Waals surface area (Å²) in [7, 11) is 0. The fraction of sp³-hybridized carbons (Fsp3) is 0.385. The van der Waals surface area contributed by atoms with Crippen molar-refractivity contribution in [1.29, 1.82) is 0 Å². The molecule has 0 aliphatic heterocycles. The number of anilines is 1. The second kappa shape index (κ2) is 6.10. The lowest BCUT2D eigenvalue weighted by atomic mass is 10.2.